The first kappa shape index (κ1) is 19.6. The van der Waals surface area contributed by atoms with E-state index in [4.69, 9.17) is 0 Å². The van der Waals surface area contributed by atoms with Gasteiger partial charge in [-0.3, -0.25) is 14.3 Å². The lowest BCUT2D eigenvalue weighted by molar-refractivity contribution is -0.129. The second-order valence-electron chi connectivity index (χ2n) is 6.59. The Morgan fingerprint density at radius 1 is 1.07 bits per heavy atom. The van der Waals surface area contributed by atoms with Crippen molar-refractivity contribution in [1.82, 2.24) is 4.90 Å². The molecule has 0 saturated carbocycles. The first-order chi connectivity index (χ1) is 13.2. The number of nitrogens with zero attached hydrogens (tertiary/aromatic N) is 1. The third kappa shape index (κ3) is 4.77. The molecule has 2 N–H and O–H groups in total. The highest BCUT2D eigenvalue weighted by atomic mass is 32.2. The molecule has 0 fully saturated rings. The minimum absolute atomic E-state index is 0.0741. The molecule has 0 bridgehead atoms. The highest BCUT2D eigenvalue weighted by molar-refractivity contribution is 7.92. The molecule has 2 aromatic carbocycles. The third-order valence-corrected chi connectivity index (χ3v) is 4.90. The molecule has 1 aliphatic rings. The molecule has 0 unspecified atom stereocenters. The van der Waals surface area contributed by atoms with Crippen LogP contribution in [0.5, 0.6) is 0 Å². The van der Waals surface area contributed by atoms with Crippen LogP contribution in [0.2, 0.25) is 0 Å². The van der Waals surface area contributed by atoms with E-state index in [2.05, 4.69) is 10.0 Å². The number of sulfonamides is 1. The van der Waals surface area contributed by atoms with Crippen LogP contribution in [0.25, 0.3) is 6.08 Å². The Morgan fingerprint density at radius 3 is 2.50 bits per heavy atom. The number of benzene rings is 2. The van der Waals surface area contributed by atoms with Gasteiger partial charge in [0.25, 0.3) is 0 Å². The van der Waals surface area contributed by atoms with Crippen molar-refractivity contribution in [3.8, 4) is 0 Å². The van der Waals surface area contributed by atoms with Crippen molar-refractivity contribution in [3.63, 3.8) is 0 Å². The van der Waals surface area contributed by atoms with E-state index in [1.165, 1.54) is 13.0 Å². The van der Waals surface area contributed by atoms with Crippen LogP contribution in [0.15, 0.2) is 54.7 Å². The lowest BCUT2D eigenvalue weighted by Crippen LogP contribution is -2.33. The average Bonchev–Trinajstić information content (AvgIpc) is 2.60. The Morgan fingerprint density at radius 2 is 1.79 bits per heavy atom. The van der Waals surface area contributed by atoms with Crippen LogP contribution in [0, 0.1) is 0 Å². The van der Waals surface area contributed by atoms with E-state index >= 15 is 0 Å². The quantitative estimate of drug-likeness (QED) is 0.808. The summed E-state index contributed by atoms with van der Waals surface area (Å²) in [4.78, 5) is 26.2. The van der Waals surface area contributed by atoms with Gasteiger partial charge in [0.2, 0.25) is 21.8 Å². The number of carbonyl (C=O) groups is 2. The van der Waals surface area contributed by atoms with E-state index in [1.54, 1.807) is 29.3 Å². The summed E-state index contributed by atoms with van der Waals surface area (Å²) in [6.45, 7) is 1.46. The zero-order chi connectivity index (χ0) is 20.3. The molecule has 0 radical (unpaired) electrons. The fourth-order valence-corrected chi connectivity index (χ4v) is 3.73. The number of hydrogen-bond donors (Lipinski definition) is 2. The molecule has 146 valence electrons. The van der Waals surface area contributed by atoms with Crippen LogP contribution in [0.4, 0.5) is 11.4 Å². The molecular formula is C20H21N3O4S. The van der Waals surface area contributed by atoms with Gasteiger partial charge in [0.1, 0.15) is 0 Å². The van der Waals surface area contributed by atoms with Crippen LogP contribution >= 0.6 is 0 Å². The second-order valence-corrected chi connectivity index (χ2v) is 8.34. The molecule has 0 spiro atoms. The Hall–Kier alpha value is -3.13. The zero-order valence-corrected chi connectivity index (χ0v) is 16.4. The van der Waals surface area contributed by atoms with Gasteiger partial charge in [-0.25, -0.2) is 8.42 Å². The third-order valence-electron chi connectivity index (χ3n) is 4.30. The SMILES string of the molecule is CC(=O)N1C=Cc2ccccc2[C@@H]1CC(=O)Nc1cccc(NS(C)(=O)=O)c1. The number of amides is 2. The van der Waals surface area contributed by atoms with E-state index in [1.807, 2.05) is 30.3 Å². The van der Waals surface area contributed by atoms with Crippen molar-refractivity contribution in [2.75, 3.05) is 16.3 Å². The zero-order valence-electron chi connectivity index (χ0n) is 15.5. The van der Waals surface area contributed by atoms with Crippen molar-refractivity contribution in [1.29, 1.82) is 0 Å². The highest BCUT2D eigenvalue weighted by Crippen LogP contribution is 2.33. The first-order valence-electron chi connectivity index (χ1n) is 8.67. The van der Waals surface area contributed by atoms with Gasteiger partial charge in [-0.1, -0.05) is 30.3 Å². The van der Waals surface area contributed by atoms with Crippen molar-refractivity contribution in [3.05, 3.63) is 65.9 Å². The van der Waals surface area contributed by atoms with Crippen LogP contribution < -0.4 is 10.0 Å². The lowest BCUT2D eigenvalue weighted by atomic mass is 9.93. The molecule has 7 nitrogen and oxygen atoms in total. The fourth-order valence-electron chi connectivity index (χ4n) is 3.18. The molecule has 8 heteroatoms. The summed E-state index contributed by atoms with van der Waals surface area (Å²) in [5, 5.41) is 2.77. The number of hydrogen-bond acceptors (Lipinski definition) is 4. The van der Waals surface area contributed by atoms with Gasteiger partial charge in [-0.2, -0.15) is 0 Å². The first-order valence-corrected chi connectivity index (χ1v) is 10.6. The maximum absolute atomic E-state index is 12.6. The molecule has 1 atom stereocenters. The molecule has 1 heterocycles. The number of fused-ring (bicyclic) bond motifs is 1. The van der Waals surface area contributed by atoms with Crippen molar-refractivity contribution >= 4 is 39.3 Å². The number of nitrogens with one attached hydrogen (secondary N) is 2. The monoisotopic (exact) mass is 399 g/mol. The Kier molecular flexibility index (Phi) is 5.51. The van der Waals surface area contributed by atoms with Crippen LogP contribution in [0.3, 0.4) is 0 Å². The van der Waals surface area contributed by atoms with Gasteiger partial charge in [-0.05, 0) is 35.4 Å². The van der Waals surface area contributed by atoms with Gasteiger partial charge in [-0.15, -0.1) is 0 Å². The van der Waals surface area contributed by atoms with Crippen LogP contribution in [-0.2, 0) is 19.6 Å². The molecule has 2 aromatic rings. The summed E-state index contributed by atoms with van der Waals surface area (Å²) >= 11 is 0. The number of anilines is 2. The maximum Gasteiger partial charge on any atom is 0.229 e. The standard InChI is InChI=1S/C20H21N3O4S/c1-14(24)23-11-10-15-6-3-4-9-18(15)19(23)13-20(25)21-16-7-5-8-17(12-16)22-28(2,26)27/h3-12,19,22H,13H2,1-2H3,(H,21,25)/t19-/m0/s1. The summed E-state index contributed by atoms with van der Waals surface area (Å²) in [6.07, 6.45) is 4.68. The van der Waals surface area contributed by atoms with E-state index in [9.17, 15) is 18.0 Å². The molecule has 3 rings (SSSR count). The Balaban J connectivity index is 1.77. The van der Waals surface area contributed by atoms with E-state index in [0.717, 1.165) is 17.4 Å². The van der Waals surface area contributed by atoms with E-state index in [-0.39, 0.29) is 18.2 Å². The summed E-state index contributed by atoms with van der Waals surface area (Å²) in [5.74, 6) is -0.430. The molecule has 28 heavy (non-hydrogen) atoms. The maximum atomic E-state index is 12.6. The summed E-state index contributed by atoms with van der Waals surface area (Å²) < 4.78 is 25.1. The van der Waals surface area contributed by atoms with Crippen molar-refractivity contribution in [2.45, 2.75) is 19.4 Å². The van der Waals surface area contributed by atoms with Crippen molar-refractivity contribution < 1.29 is 18.0 Å². The predicted octanol–water partition coefficient (Wildman–Crippen LogP) is 2.96. The van der Waals surface area contributed by atoms with Gasteiger partial charge in [0.15, 0.2) is 0 Å². The van der Waals surface area contributed by atoms with Crippen LogP contribution in [-0.4, -0.2) is 31.4 Å². The number of carbonyl (C=O) groups excluding carboxylic acids is 2. The fraction of sp³-hybridized carbons (Fsp3) is 0.200. The Labute approximate surface area is 164 Å². The smallest absolute Gasteiger partial charge is 0.229 e. The molecular weight excluding hydrogens is 378 g/mol. The van der Waals surface area contributed by atoms with Gasteiger partial charge >= 0.3 is 0 Å². The molecule has 0 saturated heterocycles. The van der Waals surface area contributed by atoms with E-state index < -0.39 is 16.1 Å². The molecule has 0 aliphatic carbocycles. The van der Waals surface area contributed by atoms with Crippen LogP contribution in [0.1, 0.15) is 30.5 Å². The number of rotatable bonds is 5. The average molecular weight is 399 g/mol. The largest absolute Gasteiger partial charge is 0.326 e. The topological polar surface area (TPSA) is 95.6 Å². The Bertz CT molecular complexity index is 1050. The van der Waals surface area contributed by atoms with Gasteiger partial charge in [0.05, 0.1) is 24.4 Å². The lowest BCUT2D eigenvalue weighted by Gasteiger charge is -2.32. The minimum Gasteiger partial charge on any atom is -0.326 e. The molecule has 1 aliphatic heterocycles. The molecule has 0 aromatic heterocycles. The molecule has 2 amide bonds. The van der Waals surface area contributed by atoms with E-state index in [0.29, 0.717) is 11.4 Å². The second kappa shape index (κ2) is 7.85. The highest BCUT2D eigenvalue weighted by Gasteiger charge is 2.28. The van der Waals surface area contributed by atoms with Crippen molar-refractivity contribution in [2.24, 2.45) is 0 Å². The summed E-state index contributed by atoms with van der Waals surface area (Å²) in [7, 11) is -3.41. The summed E-state index contributed by atoms with van der Waals surface area (Å²) in [5.41, 5.74) is 2.70. The van der Waals surface area contributed by atoms with Gasteiger partial charge < -0.3 is 10.2 Å². The summed E-state index contributed by atoms with van der Waals surface area (Å²) in [6, 6.07) is 13.7. The van der Waals surface area contributed by atoms with Gasteiger partial charge in [0, 0.05) is 18.8 Å². The minimum atomic E-state index is -3.41. The predicted molar refractivity (Wildman–Crippen MR) is 109 cm³/mol. The normalized spacial score (nSPS) is 15.6.